The Kier molecular flexibility index (Phi) is 3.99. The van der Waals surface area contributed by atoms with Crippen molar-refractivity contribution in [2.75, 3.05) is 23.4 Å². The van der Waals surface area contributed by atoms with E-state index in [2.05, 4.69) is 5.32 Å². The number of carbonyl (C=O) groups is 1. The van der Waals surface area contributed by atoms with Crippen molar-refractivity contribution >= 4 is 21.5 Å². The van der Waals surface area contributed by atoms with E-state index >= 15 is 0 Å². The SMILES string of the molecule is CCOC(=O)C1(Nc2cccc(F)c2)CCS(=O)(=O)C1. The number of hydrogen-bond donors (Lipinski definition) is 1. The van der Waals surface area contributed by atoms with E-state index in [1.54, 1.807) is 13.0 Å². The van der Waals surface area contributed by atoms with Crippen LogP contribution in [0.3, 0.4) is 0 Å². The maximum absolute atomic E-state index is 13.2. The molecule has 1 heterocycles. The summed E-state index contributed by atoms with van der Waals surface area (Å²) in [6, 6.07) is 5.55. The van der Waals surface area contributed by atoms with Crippen LogP contribution >= 0.6 is 0 Å². The molecular weight excluding hydrogens is 285 g/mol. The van der Waals surface area contributed by atoms with Crippen LogP contribution in [0.15, 0.2) is 24.3 Å². The van der Waals surface area contributed by atoms with Crippen molar-refractivity contribution in [1.29, 1.82) is 0 Å². The number of nitrogens with one attached hydrogen (secondary N) is 1. The van der Waals surface area contributed by atoms with Crippen molar-refractivity contribution in [3.8, 4) is 0 Å². The quantitative estimate of drug-likeness (QED) is 0.850. The fourth-order valence-electron chi connectivity index (χ4n) is 2.27. The molecule has 1 aromatic rings. The Hall–Kier alpha value is -1.63. The number of esters is 1. The molecule has 0 amide bonds. The first-order valence-corrected chi connectivity index (χ1v) is 8.10. The molecule has 1 aliphatic heterocycles. The smallest absolute Gasteiger partial charge is 0.332 e. The lowest BCUT2D eigenvalue weighted by atomic mass is 9.98. The number of hydrogen-bond acceptors (Lipinski definition) is 5. The summed E-state index contributed by atoms with van der Waals surface area (Å²) in [6.07, 6.45) is 0.116. The molecule has 0 aromatic heterocycles. The molecule has 0 bridgehead atoms. The van der Waals surface area contributed by atoms with Crippen LogP contribution in [0.25, 0.3) is 0 Å². The maximum Gasteiger partial charge on any atom is 0.332 e. The van der Waals surface area contributed by atoms with Gasteiger partial charge in [-0.1, -0.05) is 6.07 Å². The molecule has 1 N–H and O–H groups in total. The molecular formula is C13H16FNO4S. The van der Waals surface area contributed by atoms with Crippen LogP contribution in [0.4, 0.5) is 10.1 Å². The van der Waals surface area contributed by atoms with E-state index < -0.39 is 27.2 Å². The van der Waals surface area contributed by atoms with Crippen LogP contribution in [-0.4, -0.2) is 38.0 Å². The summed E-state index contributed by atoms with van der Waals surface area (Å²) in [6.45, 7) is 1.81. The zero-order valence-electron chi connectivity index (χ0n) is 11.1. The first-order chi connectivity index (χ1) is 9.37. The van der Waals surface area contributed by atoms with Gasteiger partial charge < -0.3 is 10.1 Å². The molecule has 5 nitrogen and oxygen atoms in total. The van der Waals surface area contributed by atoms with Gasteiger partial charge in [0.05, 0.1) is 18.1 Å². The van der Waals surface area contributed by atoms with E-state index in [1.807, 2.05) is 0 Å². The van der Waals surface area contributed by atoms with Crippen LogP contribution in [0.5, 0.6) is 0 Å². The minimum atomic E-state index is -3.30. The Morgan fingerprint density at radius 3 is 2.80 bits per heavy atom. The highest BCUT2D eigenvalue weighted by molar-refractivity contribution is 7.91. The monoisotopic (exact) mass is 301 g/mol. The molecule has 1 atom stereocenters. The average Bonchev–Trinajstić information content (AvgIpc) is 2.66. The molecule has 0 radical (unpaired) electrons. The maximum atomic E-state index is 13.2. The Labute approximate surface area is 117 Å². The number of halogens is 1. The van der Waals surface area contributed by atoms with Crippen LogP contribution in [0.1, 0.15) is 13.3 Å². The van der Waals surface area contributed by atoms with E-state index in [4.69, 9.17) is 4.74 Å². The van der Waals surface area contributed by atoms with Crippen LogP contribution in [0, 0.1) is 5.82 Å². The van der Waals surface area contributed by atoms with Gasteiger partial charge in [0.2, 0.25) is 0 Å². The highest BCUT2D eigenvalue weighted by atomic mass is 32.2. The van der Waals surface area contributed by atoms with Gasteiger partial charge in [-0.2, -0.15) is 0 Å². The van der Waals surface area contributed by atoms with Crippen molar-refractivity contribution in [3.05, 3.63) is 30.1 Å². The van der Waals surface area contributed by atoms with Gasteiger partial charge in [0, 0.05) is 5.69 Å². The number of anilines is 1. The number of rotatable bonds is 4. The van der Waals surface area contributed by atoms with E-state index in [9.17, 15) is 17.6 Å². The summed E-state index contributed by atoms with van der Waals surface area (Å²) in [5, 5.41) is 2.84. The molecule has 1 saturated heterocycles. The predicted molar refractivity (Wildman–Crippen MR) is 72.7 cm³/mol. The fourth-order valence-corrected chi connectivity index (χ4v) is 4.16. The second-order valence-corrected chi connectivity index (χ2v) is 6.96. The van der Waals surface area contributed by atoms with Gasteiger partial charge in [-0.15, -0.1) is 0 Å². The first-order valence-electron chi connectivity index (χ1n) is 6.28. The number of sulfone groups is 1. The van der Waals surface area contributed by atoms with Crippen molar-refractivity contribution < 1.29 is 22.3 Å². The second-order valence-electron chi connectivity index (χ2n) is 4.78. The molecule has 20 heavy (non-hydrogen) atoms. The van der Waals surface area contributed by atoms with Gasteiger partial charge in [0.15, 0.2) is 15.4 Å². The van der Waals surface area contributed by atoms with Crippen LogP contribution in [0.2, 0.25) is 0 Å². The summed E-state index contributed by atoms with van der Waals surface area (Å²) in [4.78, 5) is 12.1. The largest absolute Gasteiger partial charge is 0.464 e. The van der Waals surface area contributed by atoms with E-state index in [-0.39, 0.29) is 24.5 Å². The number of ether oxygens (including phenoxy) is 1. The van der Waals surface area contributed by atoms with E-state index in [0.717, 1.165) is 0 Å². The van der Waals surface area contributed by atoms with Gasteiger partial charge >= 0.3 is 5.97 Å². The summed E-state index contributed by atoms with van der Waals surface area (Å²) < 4.78 is 41.5. The lowest BCUT2D eigenvalue weighted by Gasteiger charge is -2.27. The highest BCUT2D eigenvalue weighted by Crippen LogP contribution is 2.29. The predicted octanol–water partition coefficient (Wildman–Crippen LogP) is 1.36. The third-order valence-corrected chi connectivity index (χ3v) is 4.94. The van der Waals surface area contributed by atoms with E-state index in [1.165, 1.54) is 18.2 Å². The minimum Gasteiger partial charge on any atom is -0.464 e. The molecule has 0 aliphatic carbocycles. The fraction of sp³-hybridized carbons (Fsp3) is 0.462. The van der Waals surface area contributed by atoms with Crippen LogP contribution in [-0.2, 0) is 19.4 Å². The molecule has 1 aliphatic rings. The van der Waals surface area contributed by atoms with Crippen molar-refractivity contribution in [2.24, 2.45) is 0 Å². The molecule has 2 rings (SSSR count). The van der Waals surface area contributed by atoms with Crippen molar-refractivity contribution in [1.82, 2.24) is 0 Å². The van der Waals surface area contributed by atoms with Crippen molar-refractivity contribution in [2.45, 2.75) is 18.9 Å². The second kappa shape index (κ2) is 5.40. The minimum absolute atomic E-state index is 0.0892. The Bertz CT molecular complexity index is 617. The molecule has 1 aromatic carbocycles. The first kappa shape index (κ1) is 14.8. The summed E-state index contributed by atoms with van der Waals surface area (Å²) >= 11 is 0. The Balaban J connectivity index is 2.31. The Morgan fingerprint density at radius 2 is 2.25 bits per heavy atom. The van der Waals surface area contributed by atoms with E-state index in [0.29, 0.717) is 5.69 Å². The molecule has 1 fully saturated rings. The molecule has 0 saturated carbocycles. The third kappa shape index (κ3) is 3.09. The molecule has 1 unspecified atom stereocenters. The Morgan fingerprint density at radius 1 is 1.50 bits per heavy atom. The normalized spacial score (nSPS) is 24.3. The molecule has 7 heteroatoms. The van der Waals surface area contributed by atoms with Gasteiger partial charge in [-0.05, 0) is 31.5 Å². The zero-order valence-corrected chi connectivity index (χ0v) is 11.9. The number of carbonyl (C=O) groups excluding carboxylic acids is 1. The van der Waals surface area contributed by atoms with Gasteiger partial charge in [0.25, 0.3) is 0 Å². The third-order valence-electron chi connectivity index (χ3n) is 3.18. The lowest BCUT2D eigenvalue weighted by Crippen LogP contribution is -2.48. The van der Waals surface area contributed by atoms with Gasteiger partial charge in [-0.3, -0.25) is 0 Å². The van der Waals surface area contributed by atoms with Crippen LogP contribution < -0.4 is 5.32 Å². The summed E-state index contributed by atoms with van der Waals surface area (Å²) in [7, 11) is -3.30. The average molecular weight is 301 g/mol. The van der Waals surface area contributed by atoms with Gasteiger partial charge in [0.1, 0.15) is 5.82 Å². The molecule has 0 spiro atoms. The lowest BCUT2D eigenvalue weighted by molar-refractivity contribution is -0.147. The summed E-state index contributed by atoms with van der Waals surface area (Å²) in [5.41, 5.74) is -0.974. The molecule has 110 valence electrons. The topological polar surface area (TPSA) is 72.5 Å². The zero-order chi connectivity index (χ0) is 14.8. The van der Waals surface area contributed by atoms with Crippen molar-refractivity contribution in [3.63, 3.8) is 0 Å². The standard InChI is InChI=1S/C13H16FNO4S/c1-2-19-12(16)13(6-7-20(17,18)9-13)15-11-5-3-4-10(14)8-11/h3-5,8,15H,2,6-7,9H2,1H3. The summed E-state index contributed by atoms with van der Waals surface area (Å²) in [5.74, 6) is -1.51. The highest BCUT2D eigenvalue weighted by Gasteiger charge is 2.49. The van der Waals surface area contributed by atoms with Gasteiger partial charge in [-0.25, -0.2) is 17.6 Å². The number of benzene rings is 1.